The van der Waals surface area contributed by atoms with Gasteiger partial charge in [-0.1, -0.05) is 17.7 Å². The molecule has 1 aromatic rings. The fourth-order valence-corrected chi connectivity index (χ4v) is 2.35. The molecule has 1 fully saturated rings. The minimum atomic E-state index is -1.26. The van der Waals surface area contributed by atoms with E-state index < -0.39 is 24.1 Å². The van der Waals surface area contributed by atoms with E-state index in [2.05, 4.69) is 10.6 Å². The summed E-state index contributed by atoms with van der Waals surface area (Å²) in [4.78, 5) is 36.4. The minimum absolute atomic E-state index is 0.286. The minimum Gasteiger partial charge on any atom is -0.465 e. The van der Waals surface area contributed by atoms with E-state index in [1.54, 1.807) is 12.1 Å². The van der Waals surface area contributed by atoms with Crippen molar-refractivity contribution in [1.82, 2.24) is 10.2 Å². The predicted octanol–water partition coefficient (Wildman–Crippen LogP) is 2.18. The van der Waals surface area contributed by atoms with Gasteiger partial charge in [0.05, 0.1) is 0 Å². The lowest BCUT2D eigenvalue weighted by Crippen LogP contribution is -2.50. The van der Waals surface area contributed by atoms with Crippen LogP contribution in [-0.2, 0) is 4.79 Å². The second kappa shape index (κ2) is 6.93. The molecule has 1 saturated heterocycles. The Kier molecular flexibility index (Phi) is 4.98. The summed E-state index contributed by atoms with van der Waals surface area (Å²) in [5.41, 5.74) is 1.66. The average molecular weight is 305 g/mol. The number of benzene rings is 1. The third kappa shape index (κ3) is 3.97. The van der Waals surface area contributed by atoms with Crippen molar-refractivity contribution in [3.05, 3.63) is 29.8 Å². The predicted molar refractivity (Wildman–Crippen MR) is 80.7 cm³/mol. The lowest BCUT2D eigenvalue weighted by atomic mass is 10.1. The molecule has 1 atom stereocenters. The van der Waals surface area contributed by atoms with E-state index in [9.17, 15) is 14.4 Å². The van der Waals surface area contributed by atoms with Gasteiger partial charge in [-0.3, -0.25) is 9.69 Å². The SMILES string of the molecule is Cc1ccc(NC(=O)N2CCCC[C@H](NC(=O)O)C2=O)cc1. The van der Waals surface area contributed by atoms with E-state index in [0.29, 0.717) is 24.9 Å². The Bertz CT molecular complexity index is 571. The standard InChI is InChI=1S/C15H19N3O4/c1-10-5-7-11(8-6-10)16-14(20)18-9-3-2-4-12(13(18)19)17-15(21)22/h5-8,12,17H,2-4,9H2,1H3,(H,16,20)(H,21,22)/t12-/m0/s1. The van der Waals surface area contributed by atoms with Crippen LogP contribution < -0.4 is 10.6 Å². The molecule has 7 heteroatoms. The number of urea groups is 1. The molecular formula is C15H19N3O4. The molecule has 0 bridgehead atoms. The number of hydrogen-bond donors (Lipinski definition) is 3. The zero-order valence-electron chi connectivity index (χ0n) is 12.3. The van der Waals surface area contributed by atoms with Crippen molar-refractivity contribution in [3.8, 4) is 0 Å². The largest absolute Gasteiger partial charge is 0.465 e. The first-order chi connectivity index (χ1) is 10.5. The van der Waals surface area contributed by atoms with Gasteiger partial charge in [-0.2, -0.15) is 0 Å². The molecule has 1 aliphatic heterocycles. The maximum atomic E-state index is 12.3. The van der Waals surface area contributed by atoms with E-state index in [1.807, 2.05) is 19.1 Å². The summed E-state index contributed by atoms with van der Waals surface area (Å²) in [6, 6.07) is 5.81. The molecule has 2 rings (SSSR count). The van der Waals surface area contributed by atoms with Crippen molar-refractivity contribution in [2.45, 2.75) is 32.2 Å². The van der Waals surface area contributed by atoms with Crippen molar-refractivity contribution in [2.24, 2.45) is 0 Å². The van der Waals surface area contributed by atoms with Gasteiger partial charge in [-0.15, -0.1) is 0 Å². The quantitative estimate of drug-likeness (QED) is 0.779. The van der Waals surface area contributed by atoms with Crippen LogP contribution in [0.5, 0.6) is 0 Å². The van der Waals surface area contributed by atoms with Gasteiger partial charge in [-0.05, 0) is 38.3 Å². The fraction of sp³-hybridized carbons (Fsp3) is 0.400. The highest BCUT2D eigenvalue weighted by Gasteiger charge is 2.31. The Hall–Kier alpha value is -2.57. The third-order valence-corrected chi connectivity index (χ3v) is 3.53. The molecule has 1 heterocycles. The molecule has 3 N–H and O–H groups in total. The van der Waals surface area contributed by atoms with Gasteiger partial charge in [0.1, 0.15) is 6.04 Å². The van der Waals surface area contributed by atoms with Crippen LogP contribution in [0.2, 0.25) is 0 Å². The van der Waals surface area contributed by atoms with Gasteiger partial charge in [0.2, 0.25) is 0 Å². The number of nitrogens with one attached hydrogen (secondary N) is 2. The number of rotatable bonds is 2. The Morgan fingerprint density at radius 1 is 1.23 bits per heavy atom. The summed E-state index contributed by atoms with van der Waals surface area (Å²) in [6.07, 6.45) is 0.481. The molecule has 0 aromatic heterocycles. The van der Waals surface area contributed by atoms with Gasteiger partial charge >= 0.3 is 12.1 Å². The molecule has 0 unspecified atom stereocenters. The molecule has 118 valence electrons. The zero-order valence-corrected chi connectivity index (χ0v) is 12.3. The van der Waals surface area contributed by atoms with Crippen LogP contribution in [0.1, 0.15) is 24.8 Å². The Morgan fingerprint density at radius 2 is 1.91 bits per heavy atom. The normalized spacial score (nSPS) is 18.5. The fourth-order valence-electron chi connectivity index (χ4n) is 2.35. The Balaban J connectivity index is 2.07. The van der Waals surface area contributed by atoms with Crippen molar-refractivity contribution >= 4 is 23.7 Å². The highest BCUT2D eigenvalue weighted by Crippen LogP contribution is 2.15. The summed E-state index contributed by atoms with van der Waals surface area (Å²) >= 11 is 0. The summed E-state index contributed by atoms with van der Waals surface area (Å²) in [7, 11) is 0. The number of carbonyl (C=O) groups is 3. The Labute approximate surface area is 128 Å². The van der Waals surface area contributed by atoms with Gasteiger partial charge < -0.3 is 15.7 Å². The van der Waals surface area contributed by atoms with Crippen molar-refractivity contribution < 1.29 is 19.5 Å². The van der Waals surface area contributed by atoms with Crippen LogP contribution in [0.3, 0.4) is 0 Å². The van der Waals surface area contributed by atoms with E-state index in [4.69, 9.17) is 5.11 Å². The van der Waals surface area contributed by atoms with Crippen molar-refractivity contribution in [2.75, 3.05) is 11.9 Å². The van der Waals surface area contributed by atoms with Crippen LogP contribution in [0.4, 0.5) is 15.3 Å². The summed E-state index contributed by atoms with van der Waals surface area (Å²) in [6.45, 7) is 2.22. The molecule has 4 amide bonds. The van der Waals surface area contributed by atoms with Crippen LogP contribution in [0.15, 0.2) is 24.3 Å². The average Bonchev–Trinajstić information content (AvgIpc) is 2.64. The molecule has 22 heavy (non-hydrogen) atoms. The van der Waals surface area contributed by atoms with Crippen LogP contribution in [-0.4, -0.2) is 40.6 Å². The van der Waals surface area contributed by atoms with E-state index in [1.165, 1.54) is 0 Å². The number of imide groups is 1. The number of aryl methyl sites for hydroxylation is 1. The molecule has 1 aromatic carbocycles. The number of anilines is 1. The second-order valence-electron chi connectivity index (χ2n) is 5.28. The maximum absolute atomic E-state index is 12.3. The number of carbonyl (C=O) groups excluding carboxylic acids is 2. The summed E-state index contributed by atoms with van der Waals surface area (Å²) < 4.78 is 0. The van der Waals surface area contributed by atoms with Crippen LogP contribution >= 0.6 is 0 Å². The Morgan fingerprint density at radius 3 is 2.55 bits per heavy atom. The summed E-state index contributed by atoms with van der Waals surface area (Å²) in [5, 5.41) is 13.6. The van der Waals surface area contributed by atoms with Gasteiger partial charge in [0, 0.05) is 12.2 Å². The highest BCUT2D eigenvalue weighted by atomic mass is 16.4. The molecular weight excluding hydrogens is 286 g/mol. The van der Waals surface area contributed by atoms with Crippen molar-refractivity contribution in [3.63, 3.8) is 0 Å². The lowest BCUT2D eigenvalue weighted by Gasteiger charge is -2.22. The van der Waals surface area contributed by atoms with Crippen molar-refractivity contribution in [1.29, 1.82) is 0 Å². The molecule has 0 radical (unpaired) electrons. The monoisotopic (exact) mass is 305 g/mol. The van der Waals surface area contributed by atoms with Crippen LogP contribution in [0, 0.1) is 6.92 Å². The number of likely N-dealkylation sites (tertiary alicyclic amines) is 1. The number of nitrogens with zero attached hydrogens (tertiary/aromatic N) is 1. The van der Waals surface area contributed by atoms with E-state index in [0.717, 1.165) is 10.5 Å². The molecule has 0 aliphatic carbocycles. The lowest BCUT2D eigenvalue weighted by molar-refractivity contribution is -0.129. The topological polar surface area (TPSA) is 98.7 Å². The van der Waals surface area contributed by atoms with E-state index in [-0.39, 0.29) is 6.54 Å². The number of hydrogen-bond acceptors (Lipinski definition) is 3. The molecule has 0 spiro atoms. The summed E-state index contributed by atoms with van der Waals surface area (Å²) in [5.74, 6) is -0.510. The molecule has 0 saturated carbocycles. The smallest absolute Gasteiger partial charge is 0.405 e. The number of amides is 4. The number of carboxylic acid groups (broad SMARTS) is 1. The first kappa shape index (κ1) is 15.8. The first-order valence-electron chi connectivity index (χ1n) is 7.16. The second-order valence-corrected chi connectivity index (χ2v) is 5.28. The van der Waals surface area contributed by atoms with Crippen LogP contribution in [0.25, 0.3) is 0 Å². The molecule has 1 aliphatic rings. The van der Waals surface area contributed by atoms with Gasteiger partial charge in [0.25, 0.3) is 5.91 Å². The van der Waals surface area contributed by atoms with Gasteiger partial charge in [-0.25, -0.2) is 9.59 Å². The van der Waals surface area contributed by atoms with E-state index >= 15 is 0 Å². The third-order valence-electron chi connectivity index (χ3n) is 3.53. The zero-order chi connectivity index (χ0) is 16.1. The first-order valence-corrected chi connectivity index (χ1v) is 7.16. The maximum Gasteiger partial charge on any atom is 0.405 e. The van der Waals surface area contributed by atoms with Gasteiger partial charge in [0.15, 0.2) is 0 Å². The molecule has 7 nitrogen and oxygen atoms in total. The highest BCUT2D eigenvalue weighted by molar-refractivity contribution is 6.03.